The molecule has 0 aliphatic carbocycles. The van der Waals surface area contributed by atoms with Crippen LogP contribution in [0.3, 0.4) is 0 Å². The summed E-state index contributed by atoms with van der Waals surface area (Å²) in [4.78, 5) is 14.1. The van der Waals surface area contributed by atoms with Crippen molar-refractivity contribution in [2.45, 2.75) is 26.8 Å². The number of hydrogen-bond donors (Lipinski definition) is 2. The highest BCUT2D eigenvalue weighted by atomic mass is 79.9. The Hall–Kier alpha value is -1.07. The molecule has 0 fully saturated rings. The zero-order chi connectivity index (χ0) is 14.8. The van der Waals surface area contributed by atoms with Crippen LogP contribution in [0.1, 0.15) is 20.8 Å². The number of carbonyl (C=O) groups excluding carboxylic acids is 1. The Kier molecular flexibility index (Phi) is 4.98. The topological polar surface area (TPSA) is 58.4 Å². The quantitative estimate of drug-likeness (QED) is 0.897. The Bertz CT molecular complexity index is 466. The molecule has 1 atom stereocenters. The maximum absolute atomic E-state index is 12.2. The van der Waals surface area contributed by atoms with Gasteiger partial charge in [0.1, 0.15) is 0 Å². The van der Waals surface area contributed by atoms with E-state index < -0.39 is 6.04 Å². The van der Waals surface area contributed by atoms with Crippen molar-refractivity contribution in [1.29, 1.82) is 0 Å². The highest BCUT2D eigenvalue weighted by Gasteiger charge is 2.27. The van der Waals surface area contributed by atoms with Crippen LogP contribution in [-0.4, -0.2) is 26.0 Å². The van der Waals surface area contributed by atoms with E-state index in [4.69, 9.17) is 5.73 Å². The number of benzene rings is 1. The first kappa shape index (κ1) is 16.0. The summed E-state index contributed by atoms with van der Waals surface area (Å²) in [6, 6.07) is 5.21. The van der Waals surface area contributed by atoms with Gasteiger partial charge >= 0.3 is 0 Å². The molecule has 0 aliphatic rings. The van der Waals surface area contributed by atoms with Crippen molar-refractivity contribution in [1.82, 2.24) is 0 Å². The molecule has 4 nitrogen and oxygen atoms in total. The second kappa shape index (κ2) is 5.92. The lowest BCUT2D eigenvalue weighted by atomic mass is 9.87. The van der Waals surface area contributed by atoms with E-state index in [2.05, 4.69) is 21.2 Å². The Balaban J connectivity index is 2.99. The van der Waals surface area contributed by atoms with Gasteiger partial charge < -0.3 is 16.0 Å². The van der Waals surface area contributed by atoms with Gasteiger partial charge in [0.25, 0.3) is 0 Å². The molecule has 0 saturated carbocycles. The minimum atomic E-state index is -0.554. The fourth-order valence-corrected chi connectivity index (χ4v) is 1.96. The number of nitrogens with one attached hydrogen (secondary N) is 1. The van der Waals surface area contributed by atoms with E-state index in [9.17, 15) is 4.79 Å². The number of nitrogens with two attached hydrogens (primary N) is 1. The van der Waals surface area contributed by atoms with Crippen molar-refractivity contribution in [2.75, 3.05) is 24.3 Å². The lowest BCUT2D eigenvalue weighted by molar-refractivity contribution is -0.119. The van der Waals surface area contributed by atoms with E-state index in [0.717, 1.165) is 15.8 Å². The van der Waals surface area contributed by atoms with E-state index in [-0.39, 0.29) is 11.3 Å². The molecule has 0 aliphatic heterocycles. The highest BCUT2D eigenvalue weighted by Crippen LogP contribution is 2.29. The molecule has 19 heavy (non-hydrogen) atoms. The Morgan fingerprint density at radius 2 is 1.95 bits per heavy atom. The van der Waals surface area contributed by atoms with E-state index >= 15 is 0 Å². The predicted molar refractivity (Wildman–Crippen MR) is 84.5 cm³/mol. The molecule has 5 heteroatoms. The van der Waals surface area contributed by atoms with Crippen LogP contribution in [-0.2, 0) is 4.79 Å². The standard InChI is InChI=1S/C14H22BrN3O/c1-14(2,3)12(16)13(19)17-10-8-9(15)6-7-11(10)18(4)5/h6-8,12H,16H2,1-5H3,(H,17,19). The lowest BCUT2D eigenvalue weighted by Gasteiger charge is -2.27. The minimum Gasteiger partial charge on any atom is -0.376 e. The number of anilines is 2. The summed E-state index contributed by atoms with van der Waals surface area (Å²) in [6.45, 7) is 5.85. The first-order valence-electron chi connectivity index (χ1n) is 6.16. The second-order valence-corrected chi connectivity index (χ2v) is 6.80. The molecule has 1 rings (SSSR count). The van der Waals surface area contributed by atoms with Gasteiger partial charge in [0.15, 0.2) is 0 Å². The van der Waals surface area contributed by atoms with Crippen LogP contribution in [0.4, 0.5) is 11.4 Å². The van der Waals surface area contributed by atoms with Gasteiger partial charge in [0.05, 0.1) is 17.4 Å². The Labute approximate surface area is 123 Å². The predicted octanol–water partition coefficient (Wildman–Crippen LogP) is 2.83. The number of rotatable bonds is 3. The SMILES string of the molecule is CN(C)c1ccc(Br)cc1NC(=O)C(N)C(C)(C)C. The van der Waals surface area contributed by atoms with Gasteiger partial charge in [-0.1, -0.05) is 36.7 Å². The summed E-state index contributed by atoms with van der Waals surface area (Å²) in [5.41, 5.74) is 7.40. The molecular weight excluding hydrogens is 306 g/mol. The van der Waals surface area contributed by atoms with Crippen molar-refractivity contribution in [3.8, 4) is 0 Å². The summed E-state index contributed by atoms with van der Waals surface area (Å²) in [5.74, 6) is -0.172. The fourth-order valence-electron chi connectivity index (χ4n) is 1.60. The third kappa shape index (κ3) is 4.21. The fraction of sp³-hybridized carbons (Fsp3) is 0.500. The van der Waals surface area contributed by atoms with Crippen LogP contribution in [0.2, 0.25) is 0 Å². The summed E-state index contributed by atoms with van der Waals surface area (Å²) in [6.07, 6.45) is 0. The first-order chi connectivity index (χ1) is 8.62. The van der Waals surface area contributed by atoms with Crippen molar-refractivity contribution in [2.24, 2.45) is 11.1 Å². The van der Waals surface area contributed by atoms with E-state index in [1.807, 2.05) is 58.0 Å². The molecule has 1 amide bonds. The number of halogens is 1. The maximum atomic E-state index is 12.2. The number of nitrogens with zero attached hydrogens (tertiary/aromatic N) is 1. The van der Waals surface area contributed by atoms with Crippen LogP contribution in [0, 0.1) is 5.41 Å². The average molecular weight is 328 g/mol. The summed E-state index contributed by atoms with van der Waals surface area (Å²) in [7, 11) is 3.87. The number of carbonyl (C=O) groups is 1. The van der Waals surface area contributed by atoms with E-state index in [0.29, 0.717) is 0 Å². The molecule has 106 valence electrons. The van der Waals surface area contributed by atoms with Crippen molar-refractivity contribution in [3.63, 3.8) is 0 Å². The zero-order valence-electron chi connectivity index (χ0n) is 12.1. The van der Waals surface area contributed by atoms with Crippen LogP contribution < -0.4 is 16.0 Å². The Morgan fingerprint density at radius 3 is 2.42 bits per heavy atom. The van der Waals surface area contributed by atoms with Gasteiger partial charge in [-0.05, 0) is 23.6 Å². The normalized spacial score (nSPS) is 13.0. The monoisotopic (exact) mass is 327 g/mol. The van der Waals surface area contributed by atoms with Crippen molar-refractivity contribution < 1.29 is 4.79 Å². The highest BCUT2D eigenvalue weighted by molar-refractivity contribution is 9.10. The molecule has 0 aromatic heterocycles. The van der Waals surface area contributed by atoms with Gasteiger partial charge in [-0.2, -0.15) is 0 Å². The van der Waals surface area contributed by atoms with Crippen molar-refractivity contribution in [3.05, 3.63) is 22.7 Å². The minimum absolute atomic E-state index is 0.172. The summed E-state index contributed by atoms with van der Waals surface area (Å²) < 4.78 is 0.915. The molecule has 1 unspecified atom stereocenters. The molecule has 0 bridgehead atoms. The van der Waals surface area contributed by atoms with E-state index in [1.165, 1.54) is 0 Å². The molecule has 0 heterocycles. The molecule has 0 spiro atoms. The average Bonchev–Trinajstić information content (AvgIpc) is 2.26. The number of hydrogen-bond acceptors (Lipinski definition) is 3. The molecule has 3 N–H and O–H groups in total. The maximum Gasteiger partial charge on any atom is 0.241 e. The van der Waals surface area contributed by atoms with Crippen LogP contribution >= 0.6 is 15.9 Å². The van der Waals surface area contributed by atoms with Crippen LogP contribution in [0.5, 0.6) is 0 Å². The molecule has 1 aromatic rings. The molecule has 0 radical (unpaired) electrons. The summed E-state index contributed by atoms with van der Waals surface area (Å²) in [5, 5.41) is 2.90. The van der Waals surface area contributed by atoms with Crippen molar-refractivity contribution >= 4 is 33.2 Å². The van der Waals surface area contributed by atoms with Crippen LogP contribution in [0.15, 0.2) is 22.7 Å². The largest absolute Gasteiger partial charge is 0.376 e. The van der Waals surface area contributed by atoms with Gasteiger partial charge in [-0.3, -0.25) is 4.79 Å². The van der Waals surface area contributed by atoms with Gasteiger partial charge in [-0.25, -0.2) is 0 Å². The van der Waals surface area contributed by atoms with Gasteiger partial charge in [-0.15, -0.1) is 0 Å². The summed E-state index contributed by atoms with van der Waals surface area (Å²) >= 11 is 3.41. The number of amides is 1. The van der Waals surface area contributed by atoms with E-state index in [1.54, 1.807) is 0 Å². The zero-order valence-corrected chi connectivity index (χ0v) is 13.7. The third-order valence-corrected chi connectivity index (χ3v) is 3.41. The van der Waals surface area contributed by atoms with Crippen LogP contribution in [0.25, 0.3) is 0 Å². The third-order valence-electron chi connectivity index (χ3n) is 2.91. The molecule has 1 aromatic carbocycles. The molecular formula is C14H22BrN3O. The first-order valence-corrected chi connectivity index (χ1v) is 6.95. The molecule has 0 saturated heterocycles. The second-order valence-electron chi connectivity index (χ2n) is 5.89. The lowest BCUT2D eigenvalue weighted by Crippen LogP contribution is -2.45. The smallest absolute Gasteiger partial charge is 0.241 e. The van der Waals surface area contributed by atoms with Gasteiger partial charge in [0, 0.05) is 18.6 Å². The Morgan fingerprint density at radius 1 is 1.37 bits per heavy atom. The van der Waals surface area contributed by atoms with Gasteiger partial charge in [0.2, 0.25) is 5.91 Å².